The third kappa shape index (κ3) is 3.21. The third-order valence-corrected chi connectivity index (χ3v) is 5.84. The van der Waals surface area contributed by atoms with Crippen LogP contribution in [0.2, 0.25) is 0 Å². The minimum Gasteiger partial charge on any atom is -1.00 e. The SMILES string of the molecule is Nc1c(S(=O)(=O)O)cc(NC2CCC2)c2c1C(=O)c1ccccc1C2=O.[H-].[Na+]. The second-order valence-corrected chi connectivity index (χ2v) is 7.93. The Morgan fingerprint density at radius 2 is 1.63 bits per heavy atom. The maximum Gasteiger partial charge on any atom is 1.00 e. The molecule has 2 aromatic carbocycles. The number of hydrogen-bond donors (Lipinski definition) is 3. The molecule has 1 saturated carbocycles. The number of carbonyl (C=O) groups excluding carboxylic acids is 2. The van der Waals surface area contributed by atoms with Crippen molar-refractivity contribution in [2.45, 2.75) is 30.2 Å². The molecule has 0 atom stereocenters. The number of nitrogen functional groups attached to an aromatic ring is 1. The molecule has 27 heavy (non-hydrogen) atoms. The Kier molecular flexibility index (Phi) is 5.22. The maximum absolute atomic E-state index is 13.0. The summed E-state index contributed by atoms with van der Waals surface area (Å²) in [5.41, 5.74) is 6.01. The van der Waals surface area contributed by atoms with Crippen LogP contribution in [0, 0.1) is 0 Å². The molecule has 0 radical (unpaired) electrons. The van der Waals surface area contributed by atoms with Gasteiger partial charge in [-0.3, -0.25) is 14.1 Å². The molecule has 0 amide bonds. The van der Waals surface area contributed by atoms with Crippen LogP contribution in [0.5, 0.6) is 0 Å². The van der Waals surface area contributed by atoms with Crippen molar-refractivity contribution < 1.29 is 53.5 Å². The topological polar surface area (TPSA) is 127 Å². The van der Waals surface area contributed by atoms with Crippen molar-refractivity contribution in [1.82, 2.24) is 0 Å². The average molecular weight is 396 g/mol. The molecule has 0 saturated heterocycles. The van der Waals surface area contributed by atoms with Crippen LogP contribution < -0.4 is 40.6 Å². The second-order valence-electron chi connectivity index (χ2n) is 6.54. The van der Waals surface area contributed by atoms with Gasteiger partial charge in [-0.1, -0.05) is 24.3 Å². The van der Waals surface area contributed by atoms with Crippen molar-refractivity contribution in [2.75, 3.05) is 11.1 Å². The van der Waals surface area contributed by atoms with Gasteiger partial charge in [0.25, 0.3) is 10.1 Å². The number of carbonyl (C=O) groups is 2. The Balaban J connectivity index is 0.00000140. The van der Waals surface area contributed by atoms with Crippen LogP contribution >= 0.6 is 0 Å². The molecule has 2 aliphatic carbocycles. The first kappa shape index (κ1) is 20.0. The number of nitrogens with two attached hydrogens (primary N) is 1. The van der Waals surface area contributed by atoms with E-state index in [9.17, 15) is 22.6 Å². The van der Waals surface area contributed by atoms with Gasteiger partial charge < -0.3 is 12.5 Å². The zero-order valence-corrected chi connectivity index (χ0v) is 17.5. The van der Waals surface area contributed by atoms with Crippen molar-refractivity contribution in [2.24, 2.45) is 0 Å². The van der Waals surface area contributed by atoms with E-state index in [4.69, 9.17) is 5.73 Å². The molecule has 4 rings (SSSR count). The Bertz CT molecular complexity index is 1080. The van der Waals surface area contributed by atoms with E-state index < -0.39 is 32.3 Å². The Morgan fingerprint density at radius 1 is 1.07 bits per heavy atom. The number of rotatable bonds is 3. The van der Waals surface area contributed by atoms with Gasteiger partial charge in [-0.15, -0.1) is 0 Å². The van der Waals surface area contributed by atoms with Crippen LogP contribution in [-0.4, -0.2) is 30.6 Å². The Hall–Kier alpha value is -1.71. The van der Waals surface area contributed by atoms with Gasteiger partial charge in [0.2, 0.25) is 0 Å². The van der Waals surface area contributed by atoms with Gasteiger partial charge in [-0.25, -0.2) is 0 Å². The van der Waals surface area contributed by atoms with Crippen LogP contribution in [0.3, 0.4) is 0 Å². The van der Waals surface area contributed by atoms with E-state index in [1.807, 2.05) is 0 Å². The number of nitrogens with one attached hydrogen (secondary N) is 1. The number of benzene rings is 2. The third-order valence-electron chi connectivity index (χ3n) is 4.94. The minimum atomic E-state index is -4.66. The normalized spacial score (nSPS) is 16.0. The molecule has 2 aromatic rings. The molecule has 0 heterocycles. The molecule has 7 nitrogen and oxygen atoms in total. The molecular weight excluding hydrogens is 379 g/mol. The fourth-order valence-corrected chi connectivity index (χ4v) is 4.04. The number of ketones is 2. The first-order valence-electron chi connectivity index (χ1n) is 8.18. The molecule has 9 heteroatoms. The van der Waals surface area contributed by atoms with Crippen LogP contribution in [0.1, 0.15) is 52.5 Å². The zero-order chi connectivity index (χ0) is 18.6. The molecule has 0 aromatic heterocycles. The molecule has 0 aliphatic heterocycles. The van der Waals surface area contributed by atoms with E-state index in [-0.39, 0.29) is 65.0 Å². The summed E-state index contributed by atoms with van der Waals surface area (Å²) in [5.74, 6) is -0.930. The van der Waals surface area contributed by atoms with Crippen molar-refractivity contribution in [3.05, 3.63) is 52.6 Å². The van der Waals surface area contributed by atoms with E-state index >= 15 is 0 Å². The predicted octanol–water partition coefficient (Wildman–Crippen LogP) is -0.628. The molecule has 1 fully saturated rings. The summed E-state index contributed by atoms with van der Waals surface area (Å²) in [6, 6.07) is 7.54. The number of fused-ring (bicyclic) bond motifs is 2. The maximum atomic E-state index is 13.0. The van der Waals surface area contributed by atoms with Crippen molar-refractivity contribution in [3.8, 4) is 0 Å². The van der Waals surface area contributed by atoms with Crippen LogP contribution in [0.4, 0.5) is 11.4 Å². The summed E-state index contributed by atoms with van der Waals surface area (Å²) in [6.07, 6.45) is 2.77. The van der Waals surface area contributed by atoms with Crippen LogP contribution in [0.15, 0.2) is 35.2 Å². The van der Waals surface area contributed by atoms with E-state index in [2.05, 4.69) is 5.32 Å². The number of anilines is 2. The average Bonchev–Trinajstić information content (AvgIpc) is 2.55. The molecule has 4 N–H and O–H groups in total. The van der Waals surface area contributed by atoms with Gasteiger partial charge >= 0.3 is 29.6 Å². The zero-order valence-electron chi connectivity index (χ0n) is 15.7. The number of hydrogen-bond acceptors (Lipinski definition) is 6. The largest absolute Gasteiger partial charge is 1.00 e. The summed E-state index contributed by atoms with van der Waals surface area (Å²) in [4.78, 5) is 25.4. The Labute approximate surface area is 179 Å². The second kappa shape index (κ2) is 7.03. The first-order valence-corrected chi connectivity index (χ1v) is 9.62. The summed E-state index contributed by atoms with van der Waals surface area (Å²) < 4.78 is 33.0. The smallest absolute Gasteiger partial charge is 1.00 e. The summed E-state index contributed by atoms with van der Waals surface area (Å²) in [7, 11) is -4.66. The van der Waals surface area contributed by atoms with Gasteiger partial charge in [0, 0.05) is 22.9 Å². The van der Waals surface area contributed by atoms with E-state index in [0.717, 1.165) is 25.3 Å². The monoisotopic (exact) mass is 396 g/mol. The molecule has 0 spiro atoms. The minimum absolute atomic E-state index is 0. The van der Waals surface area contributed by atoms with E-state index in [1.165, 1.54) is 6.07 Å². The van der Waals surface area contributed by atoms with E-state index in [0.29, 0.717) is 0 Å². The van der Waals surface area contributed by atoms with Gasteiger partial charge in [-0.2, -0.15) is 8.42 Å². The van der Waals surface area contributed by atoms with Crippen LogP contribution in [-0.2, 0) is 10.1 Å². The van der Waals surface area contributed by atoms with Gasteiger partial charge in [0.1, 0.15) is 4.90 Å². The molecule has 2 aliphatic rings. The van der Waals surface area contributed by atoms with Gasteiger partial charge in [-0.05, 0) is 25.3 Å². The first-order chi connectivity index (χ1) is 12.3. The quantitative estimate of drug-likeness (QED) is 0.306. The van der Waals surface area contributed by atoms with Crippen molar-refractivity contribution in [3.63, 3.8) is 0 Å². The summed E-state index contributed by atoms with van der Waals surface area (Å²) >= 11 is 0. The fraction of sp³-hybridized carbons (Fsp3) is 0.222. The fourth-order valence-electron chi connectivity index (χ4n) is 3.39. The molecular formula is C18H17N2NaO5S. The Morgan fingerprint density at radius 3 is 2.11 bits per heavy atom. The standard InChI is InChI=1S/C18H16N2O5S.Na.H/c19-16-13(26(23,24)25)8-12(20-9-4-3-5-9)14-15(16)18(22)11-7-2-1-6-10(11)17(14)21;;/h1-2,6-9,20H,3-5,19H2,(H,23,24,25);;/q;+1;-1. The van der Waals surface area contributed by atoms with Gasteiger partial charge in [0.15, 0.2) is 11.6 Å². The molecule has 0 bridgehead atoms. The van der Waals surface area contributed by atoms with Crippen molar-refractivity contribution in [1.29, 1.82) is 0 Å². The van der Waals surface area contributed by atoms with Gasteiger partial charge in [0.05, 0.1) is 16.8 Å². The molecule has 136 valence electrons. The predicted molar refractivity (Wildman–Crippen MR) is 96.3 cm³/mol. The van der Waals surface area contributed by atoms with Crippen LogP contribution in [0.25, 0.3) is 0 Å². The summed E-state index contributed by atoms with van der Waals surface area (Å²) in [6.45, 7) is 0. The van der Waals surface area contributed by atoms with Crippen molar-refractivity contribution >= 4 is 33.1 Å². The summed E-state index contributed by atoms with van der Waals surface area (Å²) in [5, 5.41) is 3.12. The molecule has 0 unspecified atom stereocenters. The van der Waals surface area contributed by atoms with E-state index in [1.54, 1.807) is 18.2 Å².